The molecule has 0 saturated heterocycles. The fourth-order valence-electron chi connectivity index (χ4n) is 2.98. The summed E-state index contributed by atoms with van der Waals surface area (Å²) in [5.41, 5.74) is 2.19. The number of nitrogens with zero attached hydrogens (tertiary/aromatic N) is 1. The minimum Gasteiger partial charge on any atom is -0.488 e. The molecule has 0 spiro atoms. The summed E-state index contributed by atoms with van der Waals surface area (Å²) in [4.78, 5) is 4.15. The SMILES string of the molecule is CC(Nc1ccc(OC2CCCCC2O)cc1)c1cccnc1. The second-order valence-electron chi connectivity index (χ2n) is 6.18. The first-order valence-corrected chi connectivity index (χ1v) is 8.33. The van der Waals surface area contributed by atoms with Gasteiger partial charge in [-0.3, -0.25) is 4.98 Å². The van der Waals surface area contributed by atoms with E-state index in [1.165, 1.54) is 0 Å². The molecule has 4 heteroatoms. The number of hydrogen-bond acceptors (Lipinski definition) is 4. The Labute approximate surface area is 137 Å². The van der Waals surface area contributed by atoms with Gasteiger partial charge in [-0.25, -0.2) is 0 Å². The van der Waals surface area contributed by atoms with Crippen LogP contribution < -0.4 is 10.1 Å². The molecule has 3 rings (SSSR count). The molecular weight excluding hydrogens is 288 g/mol. The molecule has 3 atom stereocenters. The van der Waals surface area contributed by atoms with Crippen molar-refractivity contribution in [1.82, 2.24) is 4.98 Å². The topological polar surface area (TPSA) is 54.4 Å². The van der Waals surface area contributed by atoms with Crippen molar-refractivity contribution in [3.8, 4) is 5.75 Å². The van der Waals surface area contributed by atoms with Gasteiger partial charge in [0.15, 0.2) is 0 Å². The molecule has 122 valence electrons. The lowest BCUT2D eigenvalue weighted by Gasteiger charge is -2.28. The Bertz CT molecular complexity index is 601. The van der Waals surface area contributed by atoms with Gasteiger partial charge in [-0.15, -0.1) is 0 Å². The smallest absolute Gasteiger partial charge is 0.124 e. The van der Waals surface area contributed by atoms with E-state index in [4.69, 9.17) is 4.74 Å². The summed E-state index contributed by atoms with van der Waals surface area (Å²) in [6.07, 6.45) is 7.23. The molecule has 4 nitrogen and oxygen atoms in total. The molecule has 0 amide bonds. The van der Waals surface area contributed by atoms with Gasteiger partial charge < -0.3 is 15.2 Å². The van der Waals surface area contributed by atoms with E-state index in [2.05, 4.69) is 23.3 Å². The molecular formula is C19H24N2O2. The van der Waals surface area contributed by atoms with Crippen molar-refractivity contribution >= 4 is 5.69 Å². The molecule has 23 heavy (non-hydrogen) atoms. The highest BCUT2D eigenvalue weighted by Crippen LogP contribution is 2.26. The standard InChI is InChI=1S/C19H24N2O2/c1-14(15-5-4-12-20-13-15)21-16-8-10-17(11-9-16)23-19-7-3-2-6-18(19)22/h4-5,8-14,18-19,21-22H,2-3,6-7H2,1H3. The summed E-state index contributed by atoms with van der Waals surface area (Å²) < 4.78 is 5.92. The van der Waals surface area contributed by atoms with Crippen molar-refractivity contribution in [3.05, 3.63) is 54.4 Å². The number of benzene rings is 1. The van der Waals surface area contributed by atoms with E-state index >= 15 is 0 Å². The van der Waals surface area contributed by atoms with Gasteiger partial charge in [0.05, 0.1) is 12.1 Å². The van der Waals surface area contributed by atoms with Crippen LogP contribution in [0.25, 0.3) is 0 Å². The van der Waals surface area contributed by atoms with Gasteiger partial charge in [-0.2, -0.15) is 0 Å². The highest BCUT2D eigenvalue weighted by molar-refractivity contribution is 5.48. The maximum Gasteiger partial charge on any atom is 0.124 e. The molecule has 3 unspecified atom stereocenters. The molecule has 1 aliphatic rings. The molecule has 2 aromatic rings. The summed E-state index contributed by atoms with van der Waals surface area (Å²) in [7, 11) is 0. The first kappa shape index (κ1) is 15.8. The zero-order valence-corrected chi connectivity index (χ0v) is 13.5. The van der Waals surface area contributed by atoms with Gasteiger partial charge in [0, 0.05) is 18.1 Å². The third-order valence-corrected chi connectivity index (χ3v) is 4.38. The lowest BCUT2D eigenvalue weighted by Crippen LogP contribution is -2.34. The predicted molar refractivity (Wildman–Crippen MR) is 91.6 cm³/mol. The van der Waals surface area contributed by atoms with Crippen LogP contribution in [0.3, 0.4) is 0 Å². The Morgan fingerprint density at radius 3 is 2.65 bits per heavy atom. The monoisotopic (exact) mass is 312 g/mol. The number of aliphatic hydroxyl groups is 1. The number of aromatic nitrogens is 1. The third-order valence-electron chi connectivity index (χ3n) is 4.38. The summed E-state index contributed by atoms with van der Waals surface area (Å²) in [6, 6.07) is 12.1. The Hall–Kier alpha value is -2.07. The molecule has 0 radical (unpaired) electrons. The fourth-order valence-corrected chi connectivity index (χ4v) is 2.98. The normalized spacial score (nSPS) is 22.3. The van der Waals surface area contributed by atoms with Crippen LogP contribution in [0.4, 0.5) is 5.69 Å². The molecule has 1 saturated carbocycles. The number of rotatable bonds is 5. The summed E-state index contributed by atoms with van der Waals surface area (Å²) in [6.45, 7) is 2.11. The van der Waals surface area contributed by atoms with Gasteiger partial charge >= 0.3 is 0 Å². The second kappa shape index (κ2) is 7.47. The predicted octanol–water partition coefficient (Wildman–Crippen LogP) is 3.94. The average molecular weight is 312 g/mol. The van der Waals surface area contributed by atoms with Crippen molar-refractivity contribution < 1.29 is 9.84 Å². The number of ether oxygens (including phenoxy) is 1. The molecule has 1 heterocycles. The van der Waals surface area contributed by atoms with Crippen molar-refractivity contribution in [2.24, 2.45) is 0 Å². The Balaban J connectivity index is 1.58. The minimum absolute atomic E-state index is 0.0723. The van der Waals surface area contributed by atoms with E-state index in [-0.39, 0.29) is 18.2 Å². The van der Waals surface area contributed by atoms with Gasteiger partial charge in [0.2, 0.25) is 0 Å². The number of anilines is 1. The molecule has 2 N–H and O–H groups in total. The highest BCUT2D eigenvalue weighted by atomic mass is 16.5. The molecule has 1 fully saturated rings. The Morgan fingerprint density at radius 2 is 1.96 bits per heavy atom. The van der Waals surface area contributed by atoms with Crippen molar-refractivity contribution in [3.63, 3.8) is 0 Å². The maximum atomic E-state index is 9.99. The second-order valence-corrected chi connectivity index (χ2v) is 6.18. The van der Waals surface area contributed by atoms with E-state index in [9.17, 15) is 5.11 Å². The van der Waals surface area contributed by atoms with E-state index in [1.54, 1.807) is 6.20 Å². The minimum atomic E-state index is -0.341. The van der Waals surface area contributed by atoms with Crippen molar-refractivity contribution in [1.29, 1.82) is 0 Å². The molecule has 1 aromatic carbocycles. The number of aliphatic hydroxyl groups excluding tert-OH is 1. The van der Waals surface area contributed by atoms with E-state index < -0.39 is 0 Å². The number of pyridine rings is 1. The molecule has 1 aromatic heterocycles. The van der Waals surface area contributed by atoms with Gasteiger partial charge in [-0.1, -0.05) is 12.5 Å². The molecule has 0 bridgehead atoms. The number of hydrogen-bond donors (Lipinski definition) is 2. The summed E-state index contributed by atoms with van der Waals surface area (Å²) in [5, 5.41) is 13.4. The van der Waals surface area contributed by atoms with Gasteiger partial charge in [0.25, 0.3) is 0 Å². The van der Waals surface area contributed by atoms with E-state index in [0.717, 1.165) is 42.7 Å². The molecule has 0 aliphatic heterocycles. The number of nitrogens with one attached hydrogen (secondary N) is 1. The summed E-state index contributed by atoms with van der Waals surface area (Å²) in [5.74, 6) is 0.815. The van der Waals surface area contributed by atoms with Gasteiger partial charge in [0.1, 0.15) is 11.9 Å². The zero-order valence-electron chi connectivity index (χ0n) is 13.5. The van der Waals surface area contributed by atoms with Crippen molar-refractivity contribution in [2.75, 3.05) is 5.32 Å². The highest BCUT2D eigenvalue weighted by Gasteiger charge is 2.24. The largest absolute Gasteiger partial charge is 0.488 e. The van der Waals surface area contributed by atoms with Crippen LogP contribution >= 0.6 is 0 Å². The van der Waals surface area contributed by atoms with Crippen LogP contribution in [-0.4, -0.2) is 22.3 Å². The quantitative estimate of drug-likeness (QED) is 0.878. The lowest BCUT2D eigenvalue weighted by atomic mass is 9.95. The van der Waals surface area contributed by atoms with Crippen LogP contribution in [0, 0.1) is 0 Å². The first-order chi connectivity index (χ1) is 11.2. The van der Waals surface area contributed by atoms with Gasteiger partial charge in [-0.05, 0) is 62.1 Å². The van der Waals surface area contributed by atoms with Crippen LogP contribution in [0.5, 0.6) is 5.75 Å². The lowest BCUT2D eigenvalue weighted by molar-refractivity contribution is 0.00688. The summed E-state index contributed by atoms with van der Waals surface area (Å²) >= 11 is 0. The van der Waals surface area contributed by atoms with Crippen LogP contribution in [0.2, 0.25) is 0 Å². The Kier molecular flexibility index (Phi) is 5.13. The fraction of sp³-hybridized carbons (Fsp3) is 0.421. The van der Waals surface area contributed by atoms with Crippen LogP contribution in [0.1, 0.15) is 44.2 Å². The van der Waals surface area contributed by atoms with E-state index in [1.807, 2.05) is 36.5 Å². The van der Waals surface area contributed by atoms with E-state index in [0.29, 0.717) is 0 Å². The average Bonchev–Trinajstić information content (AvgIpc) is 2.59. The van der Waals surface area contributed by atoms with Crippen LogP contribution in [0.15, 0.2) is 48.8 Å². The maximum absolute atomic E-state index is 9.99. The van der Waals surface area contributed by atoms with Crippen molar-refractivity contribution in [2.45, 2.75) is 50.9 Å². The molecule has 1 aliphatic carbocycles. The first-order valence-electron chi connectivity index (χ1n) is 8.33. The Morgan fingerprint density at radius 1 is 1.17 bits per heavy atom. The third kappa shape index (κ3) is 4.23. The zero-order chi connectivity index (χ0) is 16.1. The van der Waals surface area contributed by atoms with Crippen LogP contribution in [-0.2, 0) is 0 Å².